The highest BCUT2D eigenvalue weighted by atomic mass is 15.2. The number of nitrogens with one attached hydrogen (secondary N) is 2. The van der Waals surface area contributed by atoms with Crippen LogP contribution in [-0.2, 0) is 6.54 Å². The van der Waals surface area contributed by atoms with Gasteiger partial charge in [-0.2, -0.15) is 0 Å². The van der Waals surface area contributed by atoms with E-state index in [9.17, 15) is 0 Å². The van der Waals surface area contributed by atoms with E-state index in [0.717, 1.165) is 42.5 Å². The van der Waals surface area contributed by atoms with Gasteiger partial charge in [-0.15, -0.1) is 0 Å². The smallest absolute Gasteiger partial charge is 0.134 e. The number of hydrogen-bond donors (Lipinski definition) is 2. The minimum Gasteiger partial charge on any atom is -0.348 e. The molecule has 0 amide bonds. The van der Waals surface area contributed by atoms with Gasteiger partial charge in [-0.1, -0.05) is 6.07 Å². The number of aryl methyl sites for hydroxylation is 1. The zero-order valence-electron chi connectivity index (χ0n) is 14.3. The average Bonchev–Trinajstić information content (AvgIpc) is 3.30. The summed E-state index contributed by atoms with van der Waals surface area (Å²) >= 11 is 0. The molecule has 6 nitrogen and oxygen atoms in total. The summed E-state index contributed by atoms with van der Waals surface area (Å²) in [4.78, 5) is 18.9. The van der Waals surface area contributed by atoms with Gasteiger partial charge in [0.15, 0.2) is 0 Å². The van der Waals surface area contributed by atoms with Crippen LogP contribution in [0, 0.1) is 6.92 Å². The third-order valence-electron chi connectivity index (χ3n) is 4.70. The molecule has 0 aromatic carbocycles. The molecule has 0 unspecified atom stereocenters. The molecule has 4 heterocycles. The van der Waals surface area contributed by atoms with Crippen molar-refractivity contribution in [3.63, 3.8) is 0 Å². The Balaban J connectivity index is 1.53. The highest BCUT2D eigenvalue weighted by molar-refractivity contribution is 5.56. The van der Waals surface area contributed by atoms with Crippen LogP contribution in [0.5, 0.6) is 0 Å². The fourth-order valence-electron chi connectivity index (χ4n) is 3.43. The minimum atomic E-state index is 0.401. The molecule has 25 heavy (non-hydrogen) atoms. The fourth-order valence-corrected chi connectivity index (χ4v) is 3.43. The van der Waals surface area contributed by atoms with E-state index in [1.54, 1.807) is 6.20 Å². The molecule has 0 aliphatic carbocycles. The van der Waals surface area contributed by atoms with Crippen molar-refractivity contribution in [2.24, 2.45) is 0 Å². The first-order chi connectivity index (χ1) is 12.3. The Hall–Kier alpha value is -2.73. The summed E-state index contributed by atoms with van der Waals surface area (Å²) < 4.78 is 0. The van der Waals surface area contributed by atoms with E-state index in [0.29, 0.717) is 6.04 Å². The van der Waals surface area contributed by atoms with Crippen LogP contribution in [0.4, 0.5) is 11.6 Å². The van der Waals surface area contributed by atoms with Gasteiger partial charge in [0.2, 0.25) is 0 Å². The van der Waals surface area contributed by atoms with Gasteiger partial charge in [0, 0.05) is 30.8 Å². The third kappa shape index (κ3) is 3.53. The molecule has 0 spiro atoms. The Morgan fingerprint density at radius 1 is 1.20 bits per heavy atom. The molecule has 4 rings (SSSR count). The number of pyridine rings is 2. The second-order valence-electron chi connectivity index (χ2n) is 6.43. The Bertz CT molecular complexity index is 829. The van der Waals surface area contributed by atoms with E-state index < -0.39 is 0 Å². The predicted octanol–water partition coefficient (Wildman–Crippen LogP) is 3.59. The summed E-state index contributed by atoms with van der Waals surface area (Å²) in [6.45, 7) is 3.99. The Morgan fingerprint density at radius 3 is 3.00 bits per heavy atom. The normalized spacial score (nSPS) is 17.7. The maximum Gasteiger partial charge on any atom is 0.134 e. The lowest BCUT2D eigenvalue weighted by Crippen LogP contribution is -2.23. The van der Waals surface area contributed by atoms with Gasteiger partial charge in [0.25, 0.3) is 0 Å². The maximum atomic E-state index is 4.46. The third-order valence-corrected chi connectivity index (χ3v) is 4.70. The van der Waals surface area contributed by atoms with Crippen LogP contribution >= 0.6 is 0 Å². The van der Waals surface area contributed by atoms with Crippen molar-refractivity contribution in [3.8, 4) is 0 Å². The van der Waals surface area contributed by atoms with Gasteiger partial charge < -0.3 is 10.3 Å². The fraction of sp³-hybridized carbons (Fsp3) is 0.316. The van der Waals surface area contributed by atoms with Crippen molar-refractivity contribution in [1.29, 1.82) is 0 Å². The minimum absolute atomic E-state index is 0.401. The van der Waals surface area contributed by atoms with Crippen LogP contribution in [0.3, 0.4) is 0 Å². The molecule has 0 saturated carbocycles. The summed E-state index contributed by atoms with van der Waals surface area (Å²) in [5.41, 5.74) is 2.39. The first-order valence-electron chi connectivity index (χ1n) is 8.66. The lowest BCUT2D eigenvalue weighted by atomic mass is 10.1. The second-order valence-corrected chi connectivity index (χ2v) is 6.43. The molecule has 0 radical (unpaired) electrons. The number of nitrogens with zero attached hydrogens (tertiary/aromatic N) is 4. The Labute approximate surface area is 147 Å². The molecular weight excluding hydrogens is 312 g/mol. The lowest BCUT2D eigenvalue weighted by Gasteiger charge is -2.24. The molecule has 128 valence electrons. The molecule has 3 aromatic heterocycles. The van der Waals surface area contributed by atoms with Crippen LogP contribution in [0.25, 0.3) is 0 Å². The van der Waals surface area contributed by atoms with Gasteiger partial charge >= 0.3 is 0 Å². The summed E-state index contributed by atoms with van der Waals surface area (Å²) in [6.07, 6.45) is 9.72. The van der Waals surface area contributed by atoms with E-state index in [2.05, 4.69) is 42.3 Å². The molecule has 1 fully saturated rings. The van der Waals surface area contributed by atoms with Crippen molar-refractivity contribution in [2.45, 2.75) is 32.4 Å². The lowest BCUT2D eigenvalue weighted by molar-refractivity contribution is 0.243. The van der Waals surface area contributed by atoms with E-state index in [1.807, 2.05) is 37.6 Å². The summed E-state index contributed by atoms with van der Waals surface area (Å²) in [5, 5.41) is 3.34. The first-order valence-corrected chi connectivity index (χ1v) is 8.66. The molecule has 6 heteroatoms. The van der Waals surface area contributed by atoms with Crippen LogP contribution in [0.15, 0.2) is 49.1 Å². The zero-order chi connectivity index (χ0) is 17.1. The summed E-state index contributed by atoms with van der Waals surface area (Å²) in [5.74, 6) is 2.71. The molecule has 3 aromatic rings. The van der Waals surface area contributed by atoms with Crippen molar-refractivity contribution < 1.29 is 0 Å². The van der Waals surface area contributed by atoms with E-state index in [-0.39, 0.29) is 0 Å². The molecule has 1 atom stereocenters. The number of aromatic amines is 1. The van der Waals surface area contributed by atoms with E-state index in [4.69, 9.17) is 0 Å². The van der Waals surface area contributed by atoms with Crippen molar-refractivity contribution in [1.82, 2.24) is 24.8 Å². The van der Waals surface area contributed by atoms with Crippen molar-refractivity contribution >= 4 is 11.6 Å². The molecule has 0 bridgehead atoms. The molecule has 1 aliphatic rings. The number of hydrogen-bond acceptors (Lipinski definition) is 5. The molecule has 2 N–H and O–H groups in total. The molecular formula is C19H22N6. The number of anilines is 2. The van der Waals surface area contributed by atoms with E-state index >= 15 is 0 Å². The average molecular weight is 334 g/mol. The number of imidazole rings is 1. The summed E-state index contributed by atoms with van der Waals surface area (Å²) in [7, 11) is 0. The van der Waals surface area contributed by atoms with Crippen LogP contribution in [0.1, 0.15) is 35.8 Å². The SMILES string of the molecule is Cc1cccnc1Nc1cc([C@H]2CCCN2Cc2ncc[nH]2)ccn1. The van der Waals surface area contributed by atoms with Gasteiger partial charge in [-0.25, -0.2) is 15.0 Å². The summed E-state index contributed by atoms with van der Waals surface area (Å²) in [6, 6.07) is 8.63. The van der Waals surface area contributed by atoms with Gasteiger partial charge in [0.05, 0.1) is 6.54 Å². The highest BCUT2D eigenvalue weighted by Gasteiger charge is 2.26. The largest absolute Gasteiger partial charge is 0.348 e. The number of aromatic nitrogens is 4. The predicted molar refractivity (Wildman–Crippen MR) is 97.5 cm³/mol. The van der Waals surface area contributed by atoms with Crippen molar-refractivity contribution in [2.75, 3.05) is 11.9 Å². The Morgan fingerprint density at radius 2 is 2.16 bits per heavy atom. The van der Waals surface area contributed by atoms with Gasteiger partial charge in [0.1, 0.15) is 17.5 Å². The number of H-pyrrole nitrogens is 1. The maximum absolute atomic E-state index is 4.46. The monoisotopic (exact) mass is 334 g/mol. The molecule has 1 aliphatic heterocycles. The zero-order valence-corrected chi connectivity index (χ0v) is 14.3. The first kappa shape index (κ1) is 15.8. The highest BCUT2D eigenvalue weighted by Crippen LogP contribution is 2.33. The van der Waals surface area contributed by atoms with Crippen LogP contribution in [-0.4, -0.2) is 31.4 Å². The van der Waals surface area contributed by atoms with Crippen LogP contribution < -0.4 is 5.32 Å². The Kier molecular flexibility index (Phi) is 4.43. The molecule has 1 saturated heterocycles. The number of rotatable bonds is 5. The topological polar surface area (TPSA) is 69.7 Å². The van der Waals surface area contributed by atoms with Crippen molar-refractivity contribution in [3.05, 3.63) is 66.0 Å². The standard InChI is InChI=1S/C19H22N6/c1-14-4-2-7-23-19(14)24-17-12-15(6-8-20-17)16-5-3-11-25(16)13-18-21-9-10-22-18/h2,4,6-10,12,16H,3,5,11,13H2,1H3,(H,21,22)(H,20,23,24)/t16-/m1/s1. The number of likely N-dealkylation sites (tertiary alicyclic amines) is 1. The van der Waals surface area contributed by atoms with Gasteiger partial charge in [-0.05, 0) is 55.6 Å². The quantitative estimate of drug-likeness (QED) is 0.746. The second kappa shape index (κ2) is 7.03. The van der Waals surface area contributed by atoms with E-state index in [1.165, 1.54) is 12.0 Å². The van der Waals surface area contributed by atoms with Crippen LogP contribution in [0.2, 0.25) is 0 Å². The van der Waals surface area contributed by atoms with Gasteiger partial charge in [-0.3, -0.25) is 4.90 Å².